The predicted octanol–water partition coefficient (Wildman–Crippen LogP) is 0.920. The van der Waals surface area contributed by atoms with Crippen molar-refractivity contribution in [2.24, 2.45) is 0 Å². The molecule has 0 aliphatic carbocycles. The minimum atomic E-state index is -3.70. The smallest absolute Gasteiger partial charge is 0.337 e. The summed E-state index contributed by atoms with van der Waals surface area (Å²) in [6.45, 7) is 0. The van der Waals surface area contributed by atoms with Crippen LogP contribution in [0.5, 0.6) is 0 Å². The standard InChI is InChI=1S/C9H10FNO4S/c1-11(16(2,14)15)8-6(9(12)13)4-3-5-7(8)10/h3-5H,1-2H3,(H,12,13). The first-order chi connectivity index (χ1) is 7.25. The Kier molecular flexibility index (Phi) is 3.18. The SMILES string of the molecule is CN(c1c(F)cccc1C(=O)O)S(C)(=O)=O. The van der Waals surface area contributed by atoms with E-state index in [1.165, 1.54) is 6.07 Å². The maximum atomic E-state index is 13.4. The number of carboxylic acids is 1. The van der Waals surface area contributed by atoms with Crippen molar-refractivity contribution in [3.8, 4) is 0 Å². The lowest BCUT2D eigenvalue weighted by molar-refractivity contribution is 0.0697. The van der Waals surface area contributed by atoms with Crippen LogP contribution in [0.1, 0.15) is 10.4 Å². The summed E-state index contributed by atoms with van der Waals surface area (Å²) in [5.74, 6) is -2.28. The van der Waals surface area contributed by atoms with Crippen LogP contribution in [0.15, 0.2) is 18.2 Å². The Morgan fingerprint density at radius 3 is 2.44 bits per heavy atom. The Morgan fingerprint density at radius 1 is 1.44 bits per heavy atom. The van der Waals surface area contributed by atoms with Gasteiger partial charge in [0, 0.05) is 7.05 Å². The van der Waals surface area contributed by atoms with Gasteiger partial charge in [0.2, 0.25) is 10.0 Å². The lowest BCUT2D eigenvalue weighted by atomic mass is 10.1. The minimum absolute atomic E-state index is 0.395. The summed E-state index contributed by atoms with van der Waals surface area (Å²) in [5.41, 5.74) is -0.856. The second-order valence-corrected chi connectivity index (χ2v) is 5.19. The van der Waals surface area contributed by atoms with Crippen molar-refractivity contribution < 1.29 is 22.7 Å². The van der Waals surface area contributed by atoms with E-state index in [4.69, 9.17) is 5.11 Å². The number of halogens is 1. The van der Waals surface area contributed by atoms with E-state index >= 15 is 0 Å². The van der Waals surface area contributed by atoms with Gasteiger partial charge in [-0.2, -0.15) is 0 Å². The van der Waals surface area contributed by atoms with Gasteiger partial charge < -0.3 is 5.11 Å². The molecule has 0 aromatic heterocycles. The van der Waals surface area contributed by atoms with E-state index in [1.54, 1.807) is 0 Å². The second-order valence-electron chi connectivity index (χ2n) is 3.17. The molecule has 1 rings (SSSR count). The zero-order valence-corrected chi connectivity index (χ0v) is 9.45. The van der Waals surface area contributed by atoms with E-state index in [-0.39, 0.29) is 0 Å². The van der Waals surface area contributed by atoms with Crippen LogP contribution in [0.2, 0.25) is 0 Å². The highest BCUT2D eigenvalue weighted by Crippen LogP contribution is 2.25. The number of carbonyl (C=O) groups is 1. The molecule has 0 spiro atoms. The predicted molar refractivity (Wildman–Crippen MR) is 56.6 cm³/mol. The summed E-state index contributed by atoms with van der Waals surface area (Å²) in [7, 11) is -2.61. The van der Waals surface area contributed by atoms with Gasteiger partial charge in [-0.1, -0.05) is 6.07 Å². The molecule has 0 saturated carbocycles. The lowest BCUT2D eigenvalue weighted by Crippen LogP contribution is -2.27. The normalized spacial score (nSPS) is 11.2. The van der Waals surface area contributed by atoms with E-state index in [2.05, 4.69) is 0 Å². The number of carboxylic acid groups (broad SMARTS) is 1. The molecule has 1 aromatic carbocycles. The zero-order chi connectivity index (χ0) is 12.5. The quantitative estimate of drug-likeness (QED) is 0.861. The lowest BCUT2D eigenvalue weighted by Gasteiger charge is -2.19. The Hall–Kier alpha value is -1.63. The Labute approximate surface area is 92.2 Å². The van der Waals surface area contributed by atoms with Gasteiger partial charge in [0.25, 0.3) is 0 Å². The van der Waals surface area contributed by atoms with E-state index in [9.17, 15) is 17.6 Å². The number of hydrogen-bond donors (Lipinski definition) is 1. The molecule has 5 nitrogen and oxygen atoms in total. The van der Waals surface area contributed by atoms with Gasteiger partial charge in [0.05, 0.1) is 11.8 Å². The molecule has 0 bridgehead atoms. The molecule has 1 aromatic rings. The number of rotatable bonds is 3. The van der Waals surface area contributed by atoms with Gasteiger partial charge in [-0.25, -0.2) is 17.6 Å². The first-order valence-electron chi connectivity index (χ1n) is 4.21. The van der Waals surface area contributed by atoms with E-state index in [1.807, 2.05) is 0 Å². The summed E-state index contributed by atoms with van der Waals surface area (Å²) in [6.07, 6.45) is 0.866. The average Bonchev–Trinajstić information content (AvgIpc) is 2.14. The van der Waals surface area contributed by atoms with Crippen molar-refractivity contribution in [1.29, 1.82) is 0 Å². The number of benzene rings is 1. The van der Waals surface area contributed by atoms with Gasteiger partial charge in [0.15, 0.2) is 0 Å². The second kappa shape index (κ2) is 4.09. The molecule has 16 heavy (non-hydrogen) atoms. The zero-order valence-electron chi connectivity index (χ0n) is 8.64. The number of hydrogen-bond acceptors (Lipinski definition) is 3. The molecular weight excluding hydrogens is 237 g/mol. The van der Waals surface area contributed by atoms with Crippen LogP contribution in [0.25, 0.3) is 0 Å². The molecule has 88 valence electrons. The molecule has 0 saturated heterocycles. The Bertz CT molecular complexity index is 526. The first kappa shape index (κ1) is 12.4. The van der Waals surface area contributed by atoms with Crippen LogP contribution in [0.3, 0.4) is 0 Å². The first-order valence-corrected chi connectivity index (χ1v) is 6.05. The third kappa shape index (κ3) is 2.30. The van der Waals surface area contributed by atoms with Gasteiger partial charge in [0.1, 0.15) is 11.5 Å². The fourth-order valence-corrected chi connectivity index (χ4v) is 1.69. The van der Waals surface area contributed by atoms with Crippen molar-refractivity contribution in [2.45, 2.75) is 0 Å². The highest BCUT2D eigenvalue weighted by molar-refractivity contribution is 7.92. The molecule has 0 amide bonds. The summed E-state index contributed by atoms with van der Waals surface area (Å²) in [6, 6.07) is 3.35. The molecule has 0 unspecified atom stereocenters. The van der Waals surface area contributed by atoms with Crippen molar-refractivity contribution in [3.63, 3.8) is 0 Å². The highest BCUT2D eigenvalue weighted by Gasteiger charge is 2.22. The van der Waals surface area contributed by atoms with E-state index in [0.29, 0.717) is 4.31 Å². The fourth-order valence-electron chi connectivity index (χ4n) is 1.17. The van der Waals surface area contributed by atoms with Crippen LogP contribution < -0.4 is 4.31 Å². The van der Waals surface area contributed by atoms with Crippen molar-refractivity contribution >= 4 is 21.7 Å². The molecule has 0 atom stereocenters. The van der Waals surface area contributed by atoms with Crippen molar-refractivity contribution in [3.05, 3.63) is 29.6 Å². The number of aromatic carboxylic acids is 1. The minimum Gasteiger partial charge on any atom is -0.478 e. The van der Waals surface area contributed by atoms with Gasteiger partial charge >= 0.3 is 5.97 Å². The van der Waals surface area contributed by atoms with Gasteiger partial charge in [-0.05, 0) is 12.1 Å². The van der Waals surface area contributed by atoms with Gasteiger partial charge in [-0.3, -0.25) is 4.31 Å². The van der Waals surface area contributed by atoms with Gasteiger partial charge in [-0.15, -0.1) is 0 Å². The van der Waals surface area contributed by atoms with Crippen LogP contribution in [-0.4, -0.2) is 32.8 Å². The molecule has 0 fully saturated rings. The molecule has 0 heterocycles. The largest absolute Gasteiger partial charge is 0.478 e. The molecule has 0 aliphatic rings. The highest BCUT2D eigenvalue weighted by atomic mass is 32.2. The van der Waals surface area contributed by atoms with Crippen molar-refractivity contribution in [2.75, 3.05) is 17.6 Å². The maximum absolute atomic E-state index is 13.4. The van der Waals surface area contributed by atoms with E-state index < -0.39 is 33.1 Å². The van der Waals surface area contributed by atoms with E-state index in [0.717, 1.165) is 25.4 Å². The maximum Gasteiger partial charge on any atom is 0.337 e. The monoisotopic (exact) mass is 247 g/mol. The summed E-state index contributed by atoms with van der Waals surface area (Å²) in [5, 5.41) is 8.82. The van der Waals surface area contributed by atoms with Crippen LogP contribution in [0, 0.1) is 5.82 Å². The average molecular weight is 247 g/mol. The molecule has 1 N–H and O–H groups in total. The number of para-hydroxylation sites is 1. The summed E-state index contributed by atoms with van der Waals surface area (Å²) in [4.78, 5) is 10.8. The molecule has 7 heteroatoms. The Balaban J connectivity index is 3.48. The van der Waals surface area contributed by atoms with Crippen LogP contribution in [-0.2, 0) is 10.0 Å². The van der Waals surface area contributed by atoms with Crippen LogP contribution >= 0.6 is 0 Å². The van der Waals surface area contributed by atoms with Crippen molar-refractivity contribution in [1.82, 2.24) is 0 Å². The van der Waals surface area contributed by atoms with Crippen LogP contribution in [0.4, 0.5) is 10.1 Å². The summed E-state index contributed by atoms with van der Waals surface area (Å²) < 4.78 is 36.5. The number of nitrogens with zero attached hydrogens (tertiary/aromatic N) is 1. The number of anilines is 1. The molecular formula is C9H10FNO4S. The topological polar surface area (TPSA) is 74.7 Å². The molecule has 0 aliphatic heterocycles. The fraction of sp³-hybridized carbons (Fsp3) is 0.222. The number of sulfonamides is 1. The molecule has 0 radical (unpaired) electrons. The third-order valence-electron chi connectivity index (χ3n) is 2.03. The summed E-state index contributed by atoms with van der Waals surface area (Å²) >= 11 is 0. The third-order valence-corrected chi connectivity index (χ3v) is 3.21. The Morgan fingerprint density at radius 2 is 2.00 bits per heavy atom.